The Kier molecular flexibility index (Phi) is 4.16. The number of benzene rings is 1. The van der Waals surface area contributed by atoms with E-state index in [0.29, 0.717) is 5.56 Å². The summed E-state index contributed by atoms with van der Waals surface area (Å²) in [7, 11) is 0. The third-order valence-corrected chi connectivity index (χ3v) is 3.05. The molecule has 0 saturated carbocycles. The van der Waals surface area contributed by atoms with Crippen molar-refractivity contribution in [1.29, 1.82) is 0 Å². The predicted octanol–water partition coefficient (Wildman–Crippen LogP) is -0.329. The Labute approximate surface area is 110 Å². The second-order valence-corrected chi connectivity index (χ2v) is 4.45. The molecule has 1 heterocycles. The average molecular weight is 268 g/mol. The summed E-state index contributed by atoms with van der Waals surface area (Å²) in [4.78, 5) is 11.9. The Hall–Kier alpha value is -1.47. The lowest BCUT2D eigenvalue weighted by Crippen LogP contribution is -2.58. The predicted molar refractivity (Wildman–Crippen MR) is 64.2 cm³/mol. The van der Waals surface area contributed by atoms with Gasteiger partial charge in [0.25, 0.3) is 0 Å². The molecule has 1 aliphatic heterocycles. The molecule has 0 aromatic heterocycles. The maximum Gasteiger partial charge on any atom is 0.338 e. The Morgan fingerprint density at radius 2 is 1.79 bits per heavy atom. The van der Waals surface area contributed by atoms with E-state index in [4.69, 9.17) is 9.47 Å². The van der Waals surface area contributed by atoms with Gasteiger partial charge in [0.05, 0.1) is 11.7 Å². The summed E-state index contributed by atoms with van der Waals surface area (Å²) in [5, 5.41) is 29.0. The van der Waals surface area contributed by atoms with Crippen LogP contribution in [0.3, 0.4) is 0 Å². The van der Waals surface area contributed by atoms with Crippen molar-refractivity contribution in [3.63, 3.8) is 0 Å². The molecule has 104 valence electrons. The molecule has 6 nitrogen and oxygen atoms in total. The topological polar surface area (TPSA) is 96.2 Å². The normalized spacial score (nSPS) is 34.8. The van der Waals surface area contributed by atoms with Gasteiger partial charge in [0.15, 0.2) is 12.4 Å². The van der Waals surface area contributed by atoms with E-state index >= 15 is 0 Å². The number of rotatable bonds is 2. The third kappa shape index (κ3) is 2.93. The van der Waals surface area contributed by atoms with E-state index in [2.05, 4.69) is 0 Å². The van der Waals surface area contributed by atoms with Crippen molar-refractivity contribution in [3.05, 3.63) is 35.9 Å². The van der Waals surface area contributed by atoms with Gasteiger partial charge in [-0.25, -0.2) is 4.79 Å². The first-order valence-corrected chi connectivity index (χ1v) is 5.96. The fourth-order valence-electron chi connectivity index (χ4n) is 1.92. The maximum atomic E-state index is 11.9. The van der Waals surface area contributed by atoms with Gasteiger partial charge in [0.2, 0.25) is 0 Å². The highest BCUT2D eigenvalue weighted by molar-refractivity contribution is 5.89. The fraction of sp³-hybridized carbons (Fsp3) is 0.462. The van der Waals surface area contributed by atoms with Crippen LogP contribution in [0.15, 0.2) is 30.3 Å². The molecule has 0 aliphatic carbocycles. The van der Waals surface area contributed by atoms with Crippen LogP contribution in [0.1, 0.15) is 17.3 Å². The zero-order chi connectivity index (χ0) is 14.0. The summed E-state index contributed by atoms with van der Waals surface area (Å²) in [6.45, 7) is 1.52. The van der Waals surface area contributed by atoms with Crippen molar-refractivity contribution < 1.29 is 29.6 Å². The summed E-state index contributed by atoms with van der Waals surface area (Å²) >= 11 is 0. The molecule has 2 rings (SSSR count). The Bertz CT molecular complexity index is 420. The molecule has 1 fully saturated rings. The van der Waals surface area contributed by atoms with Gasteiger partial charge in [-0.05, 0) is 19.1 Å². The zero-order valence-corrected chi connectivity index (χ0v) is 10.3. The van der Waals surface area contributed by atoms with Crippen LogP contribution in [0.4, 0.5) is 0 Å². The number of aliphatic hydroxyl groups excluding tert-OH is 3. The number of esters is 1. The zero-order valence-electron chi connectivity index (χ0n) is 10.3. The molecule has 3 N–H and O–H groups in total. The van der Waals surface area contributed by atoms with E-state index in [1.54, 1.807) is 30.3 Å². The molecule has 6 heteroatoms. The molecule has 1 saturated heterocycles. The van der Waals surface area contributed by atoms with E-state index in [1.807, 2.05) is 0 Å². The monoisotopic (exact) mass is 268 g/mol. The van der Waals surface area contributed by atoms with Crippen molar-refractivity contribution in [3.8, 4) is 0 Å². The van der Waals surface area contributed by atoms with Crippen molar-refractivity contribution in [1.82, 2.24) is 0 Å². The second kappa shape index (κ2) is 5.66. The number of carbonyl (C=O) groups excluding carboxylic acids is 1. The van der Waals surface area contributed by atoms with Crippen LogP contribution < -0.4 is 0 Å². The first-order valence-electron chi connectivity index (χ1n) is 5.96. The molecule has 0 spiro atoms. The average Bonchev–Trinajstić information content (AvgIpc) is 2.42. The highest BCUT2D eigenvalue weighted by atomic mass is 16.6. The van der Waals surface area contributed by atoms with Gasteiger partial charge in [-0.15, -0.1) is 0 Å². The van der Waals surface area contributed by atoms with Crippen LogP contribution in [0, 0.1) is 0 Å². The first-order chi connectivity index (χ1) is 9.00. The fourth-order valence-corrected chi connectivity index (χ4v) is 1.92. The van der Waals surface area contributed by atoms with Crippen LogP contribution in [0.25, 0.3) is 0 Å². The van der Waals surface area contributed by atoms with Gasteiger partial charge in [0.1, 0.15) is 12.2 Å². The SMILES string of the molecule is CC1O[C@@H](O)C(O)C(OC(=O)c2ccccc2)[C@@H]1O. The molecule has 0 bridgehead atoms. The minimum absolute atomic E-state index is 0.301. The van der Waals surface area contributed by atoms with Gasteiger partial charge < -0.3 is 24.8 Å². The Morgan fingerprint density at radius 3 is 2.42 bits per heavy atom. The Morgan fingerprint density at radius 1 is 1.16 bits per heavy atom. The molecule has 0 amide bonds. The Balaban J connectivity index is 2.10. The molecule has 1 aromatic rings. The first kappa shape index (κ1) is 14.0. The van der Waals surface area contributed by atoms with E-state index in [0.717, 1.165) is 0 Å². The minimum atomic E-state index is -1.49. The second-order valence-electron chi connectivity index (χ2n) is 4.45. The summed E-state index contributed by atoms with van der Waals surface area (Å²) in [6, 6.07) is 8.21. The number of hydrogen-bond acceptors (Lipinski definition) is 6. The summed E-state index contributed by atoms with van der Waals surface area (Å²) in [5.41, 5.74) is 0.301. The van der Waals surface area contributed by atoms with Crippen molar-refractivity contribution in [2.24, 2.45) is 0 Å². The standard InChI is InChI=1S/C13H16O6/c1-7-9(14)11(10(15)13(17)18-7)19-12(16)8-5-3-2-4-6-8/h2-7,9-11,13-15,17H,1H3/t7?,9-,10?,11?,13-/m1/s1. The van der Waals surface area contributed by atoms with Crippen LogP contribution >= 0.6 is 0 Å². The van der Waals surface area contributed by atoms with Crippen LogP contribution in [0.5, 0.6) is 0 Å². The van der Waals surface area contributed by atoms with Gasteiger partial charge in [0, 0.05) is 0 Å². The molecule has 3 unspecified atom stereocenters. The van der Waals surface area contributed by atoms with E-state index < -0.39 is 36.7 Å². The quantitative estimate of drug-likeness (QED) is 0.636. The highest BCUT2D eigenvalue weighted by Gasteiger charge is 2.44. The van der Waals surface area contributed by atoms with E-state index in [-0.39, 0.29) is 0 Å². The molecule has 5 atom stereocenters. The van der Waals surface area contributed by atoms with Crippen molar-refractivity contribution in [2.45, 2.75) is 37.6 Å². The smallest absolute Gasteiger partial charge is 0.338 e. The summed E-state index contributed by atoms with van der Waals surface area (Å²) < 4.78 is 9.96. The number of ether oxygens (including phenoxy) is 2. The van der Waals surface area contributed by atoms with Crippen molar-refractivity contribution >= 4 is 5.97 Å². The summed E-state index contributed by atoms with van der Waals surface area (Å²) in [5.74, 6) is -0.676. The molecular weight excluding hydrogens is 252 g/mol. The number of hydrogen-bond donors (Lipinski definition) is 3. The summed E-state index contributed by atoms with van der Waals surface area (Å²) in [6.07, 6.45) is -6.16. The van der Waals surface area contributed by atoms with Crippen molar-refractivity contribution in [2.75, 3.05) is 0 Å². The lowest BCUT2D eigenvalue weighted by atomic mass is 9.99. The maximum absolute atomic E-state index is 11.9. The van der Waals surface area contributed by atoms with Crippen LogP contribution in [-0.4, -0.2) is 52.0 Å². The van der Waals surface area contributed by atoms with Crippen LogP contribution in [0.2, 0.25) is 0 Å². The highest BCUT2D eigenvalue weighted by Crippen LogP contribution is 2.23. The molecule has 1 aliphatic rings. The number of carbonyl (C=O) groups is 1. The van der Waals surface area contributed by atoms with Gasteiger partial charge in [-0.3, -0.25) is 0 Å². The molecule has 19 heavy (non-hydrogen) atoms. The lowest BCUT2D eigenvalue weighted by Gasteiger charge is -2.38. The minimum Gasteiger partial charge on any atom is -0.453 e. The van der Waals surface area contributed by atoms with E-state index in [9.17, 15) is 20.1 Å². The van der Waals surface area contributed by atoms with E-state index in [1.165, 1.54) is 6.92 Å². The third-order valence-electron chi connectivity index (χ3n) is 3.05. The number of aliphatic hydroxyl groups is 3. The van der Waals surface area contributed by atoms with Gasteiger partial charge >= 0.3 is 5.97 Å². The largest absolute Gasteiger partial charge is 0.453 e. The van der Waals surface area contributed by atoms with Crippen LogP contribution in [-0.2, 0) is 9.47 Å². The van der Waals surface area contributed by atoms with Gasteiger partial charge in [-0.2, -0.15) is 0 Å². The molecule has 1 aromatic carbocycles. The van der Waals surface area contributed by atoms with Gasteiger partial charge in [-0.1, -0.05) is 18.2 Å². The molecule has 0 radical (unpaired) electrons. The lowest BCUT2D eigenvalue weighted by molar-refractivity contribution is -0.276. The molecular formula is C13H16O6.